The number of fused-ring (bicyclic) bond motifs is 3. The number of rotatable bonds is 1. The number of allylic oxidation sites excluding steroid dienone is 2. The molecule has 4 fully saturated rings. The van der Waals surface area contributed by atoms with Gasteiger partial charge >= 0.3 is 0 Å². The Bertz CT molecular complexity index is 694. The minimum Gasteiger partial charge on any atom is -0.365 e. The topological polar surface area (TPSA) is 29.5 Å². The summed E-state index contributed by atoms with van der Waals surface area (Å²) < 4.78 is 5.99. The minimum absolute atomic E-state index is 0.249. The van der Waals surface area contributed by atoms with E-state index in [1.165, 1.54) is 49.7 Å². The summed E-state index contributed by atoms with van der Waals surface area (Å²) in [4.78, 5) is 0. The van der Waals surface area contributed by atoms with Crippen LogP contribution in [-0.4, -0.2) is 17.5 Å². The summed E-state index contributed by atoms with van der Waals surface area (Å²) in [5, 5.41) is 11.1. The molecule has 0 amide bonds. The first-order valence-corrected chi connectivity index (χ1v) is 11.4. The number of aliphatic hydroxyl groups is 1. The fourth-order valence-electron chi connectivity index (χ4n) is 8.54. The van der Waals surface area contributed by atoms with E-state index in [2.05, 4.69) is 40.3 Å². The molecule has 4 aliphatic carbocycles. The highest BCUT2D eigenvalue weighted by Crippen LogP contribution is 2.67. The monoisotopic (exact) mass is 370 g/mol. The Morgan fingerprint density at radius 3 is 2.67 bits per heavy atom. The first-order chi connectivity index (χ1) is 12.7. The molecule has 9 atom stereocenters. The van der Waals surface area contributed by atoms with E-state index in [1.54, 1.807) is 0 Å². The van der Waals surface area contributed by atoms with E-state index in [0.717, 1.165) is 18.3 Å². The zero-order valence-electron chi connectivity index (χ0n) is 17.8. The zero-order chi connectivity index (χ0) is 19.2. The highest BCUT2D eigenvalue weighted by atomic mass is 16.6. The minimum atomic E-state index is -0.879. The summed E-state index contributed by atoms with van der Waals surface area (Å²) in [6.45, 7) is 14.8. The largest absolute Gasteiger partial charge is 0.365 e. The van der Waals surface area contributed by atoms with Crippen molar-refractivity contribution in [3.05, 3.63) is 23.8 Å². The van der Waals surface area contributed by atoms with E-state index >= 15 is 0 Å². The average Bonchev–Trinajstić information content (AvgIpc) is 3.15. The Hall–Kier alpha value is -0.600. The van der Waals surface area contributed by atoms with Crippen molar-refractivity contribution in [2.75, 3.05) is 6.61 Å². The highest BCUT2D eigenvalue weighted by molar-refractivity contribution is 5.25. The van der Waals surface area contributed by atoms with Crippen LogP contribution in [0.15, 0.2) is 23.8 Å². The van der Waals surface area contributed by atoms with E-state index in [0.29, 0.717) is 35.2 Å². The van der Waals surface area contributed by atoms with Crippen LogP contribution in [0.4, 0.5) is 0 Å². The summed E-state index contributed by atoms with van der Waals surface area (Å²) in [5.74, 6) is 2.72. The van der Waals surface area contributed by atoms with Gasteiger partial charge in [0.25, 0.3) is 0 Å². The molecule has 0 aromatic rings. The van der Waals surface area contributed by atoms with Crippen LogP contribution in [0, 0.1) is 46.3 Å². The van der Waals surface area contributed by atoms with Crippen molar-refractivity contribution in [3.63, 3.8) is 0 Å². The van der Waals surface area contributed by atoms with Gasteiger partial charge in [-0.1, -0.05) is 39.0 Å². The van der Waals surface area contributed by atoms with Crippen LogP contribution in [0.2, 0.25) is 0 Å². The molecular formula is C25H38O2. The molecule has 0 spiro atoms. The molecule has 1 N–H and O–H groups in total. The Morgan fingerprint density at radius 1 is 1.19 bits per heavy atom. The summed E-state index contributed by atoms with van der Waals surface area (Å²) in [5.41, 5.74) is 3.70. The lowest BCUT2D eigenvalue weighted by Crippen LogP contribution is -2.48. The van der Waals surface area contributed by atoms with Crippen LogP contribution in [0.25, 0.3) is 0 Å². The number of hydrogen-bond acceptors (Lipinski definition) is 2. The standard InChI is InChI=1S/C25H38O2/c1-15(2)18-8-9-23(4)10-11-24(5)13-19-16(3)12-25(26)21(19)17(14-27-25)6-7-20(24)22(18)23/h6,16,18-22,26H,1,7-14H2,2-5H3/b17-6-/t16-,18+,19-,20-,21-,22+,23-,24+,25+/m0/s1. The van der Waals surface area contributed by atoms with Crippen LogP contribution in [-0.2, 0) is 4.74 Å². The molecule has 0 aromatic heterocycles. The molecule has 2 heteroatoms. The van der Waals surface area contributed by atoms with Crippen molar-refractivity contribution in [2.45, 2.75) is 78.4 Å². The molecule has 1 aliphatic heterocycles. The lowest BCUT2D eigenvalue weighted by atomic mass is 9.49. The molecule has 0 unspecified atom stereocenters. The Balaban J connectivity index is 1.57. The summed E-state index contributed by atoms with van der Waals surface area (Å²) in [6.07, 6.45) is 11.2. The molecule has 1 heterocycles. The normalized spacial score (nSPS) is 58.5. The third-order valence-corrected chi connectivity index (χ3v) is 9.98. The van der Waals surface area contributed by atoms with E-state index in [1.807, 2.05) is 0 Å². The maximum atomic E-state index is 11.1. The third kappa shape index (κ3) is 2.45. The predicted octanol–water partition coefficient (Wildman–Crippen LogP) is 5.72. The van der Waals surface area contributed by atoms with Gasteiger partial charge in [-0.3, -0.25) is 0 Å². The van der Waals surface area contributed by atoms with Gasteiger partial charge in [0.1, 0.15) is 0 Å². The first-order valence-electron chi connectivity index (χ1n) is 11.4. The molecule has 5 rings (SSSR count). The van der Waals surface area contributed by atoms with Crippen molar-refractivity contribution in [2.24, 2.45) is 46.3 Å². The van der Waals surface area contributed by atoms with Crippen LogP contribution in [0.1, 0.15) is 72.6 Å². The molecule has 0 aromatic carbocycles. The Kier molecular flexibility index (Phi) is 3.91. The Morgan fingerprint density at radius 2 is 1.93 bits per heavy atom. The molecule has 27 heavy (non-hydrogen) atoms. The van der Waals surface area contributed by atoms with Crippen molar-refractivity contribution in [3.8, 4) is 0 Å². The molecule has 5 aliphatic rings. The van der Waals surface area contributed by atoms with Crippen LogP contribution in [0.3, 0.4) is 0 Å². The fraction of sp³-hybridized carbons (Fsp3) is 0.840. The van der Waals surface area contributed by atoms with Gasteiger partial charge in [0.15, 0.2) is 5.79 Å². The van der Waals surface area contributed by atoms with Gasteiger partial charge < -0.3 is 9.84 Å². The van der Waals surface area contributed by atoms with Gasteiger partial charge in [-0.05, 0) is 91.4 Å². The maximum Gasteiger partial charge on any atom is 0.173 e. The van der Waals surface area contributed by atoms with E-state index in [4.69, 9.17) is 4.74 Å². The fourth-order valence-corrected chi connectivity index (χ4v) is 8.54. The average molecular weight is 371 g/mol. The molecular weight excluding hydrogens is 332 g/mol. The van der Waals surface area contributed by atoms with E-state index < -0.39 is 5.79 Å². The summed E-state index contributed by atoms with van der Waals surface area (Å²) in [7, 11) is 0. The lowest BCUT2D eigenvalue weighted by molar-refractivity contribution is -0.187. The number of hydrogen-bond donors (Lipinski definition) is 1. The van der Waals surface area contributed by atoms with Gasteiger partial charge in [-0.25, -0.2) is 0 Å². The molecule has 2 nitrogen and oxygen atoms in total. The van der Waals surface area contributed by atoms with Crippen LogP contribution in [0.5, 0.6) is 0 Å². The summed E-state index contributed by atoms with van der Waals surface area (Å²) in [6, 6.07) is 0. The quantitative estimate of drug-likeness (QED) is 0.598. The van der Waals surface area contributed by atoms with Gasteiger partial charge in [-0.2, -0.15) is 0 Å². The third-order valence-electron chi connectivity index (χ3n) is 9.98. The predicted molar refractivity (Wildman–Crippen MR) is 109 cm³/mol. The van der Waals surface area contributed by atoms with Crippen molar-refractivity contribution < 1.29 is 9.84 Å². The second-order valence-electron chi connectivity index (χ2n) is 11.6. The SMILES string of the molecule is C=C(C)[C@H]1CC[C@@]2(C)CC[C@]3(C)C[C@H]4[C@@H](C)C[C@@]5(O)OC/C(=C/C[C@H]3[C@@H]12)[C@@H]45. The summed E-state index contributed by atoms with van der Waals surface area (Å²) >= 11 is 0. The van der Waals surface area contributed by atoms with Crippen molar-refractivity contribution in [1.29, 1.82) is 0 Å². The molecule has 150 valence electrons. The van der Waals surface area contributed by atoms with Crippen molar-refractivity contribution in [1.82, 2.24) is 0 Å². The zero-order valence-corrected chi connectivity index (χ0v) is 17.8. The van der Waals surface area contributed by atoms with Gasteiger partial charge in [0.2, 0.25) is 0 Å². The number of ether oxygens (including phenoxy) is 1. The van der Waals surface area contributed by atoms with Crippen molar-refractivity contribution >= 4 is 0 Å². The highest BCUT2D eigenvalue weighted by Gasteiger charge is 2.62. The Labute approximate surface area is 165 Å². The second-order valence-corrected chi connectivity index (χ2v) is 11.6. The molecule has 0 radical (unpaired) electrons. The lowest BCUT2D eigenvalue weighted by Gasteiger charge is -2.56. The first kappa shape index (κ1) is 18.4. The van der Waals surface area contributed by atoms with E-state index in [9.17, 15) is 5.11 Å². The van der Waals surface area contributed by atoms with Crippen LogP contribution >= 0.6 is 0 Å². The van der Waals surface area contributed by atoms with E-state index in [-0.39, 0.29) is 5.92 Å². The maximum absolute atomic E-state index is 11.1. The second kappa shape index (κ2) is 5.72. The van der Waals surface area contributed by atoms with Gasteiger partial charge in [0.05, 0.1) is 6.61 Å². The smallest absolute Gasteiger partial charge is 0.173 e. The van der Waals surface area contributed by atoms with Crippen LogP contribution < -0.4 is 0 Å². The molecule has 3 saturated carbocycles. The van der Waals surface area contributed by atoms with Gasteiger partial charge in [0, 0.05) is 12.3 Å². The molecule has 1 saturated heterocycles. The van der Waals surface area contributed by atoms with Gasteiger partial charge in [-0.15, -0.1) is 0 Å². The molecule has 0 bridgehead atoms.